The van der Waals surface area contributed by atoms with Crippen LogP contribution in [0.1, 0.15) is 5.69 Å². The lowest BCUT2D eigenvalue weighted by Gasteiger charge is -2.08. The van der Waals surface area contributed by atoms with Gasteiger partial charge in [0.15, 0.2) is 0 Å². The molecule has 0 unspecified atom stereocenters. The highest BCUT2D eigenvalue weighted by Crippen LogP contribution is 2.21. The fraction of sp³-hybridized carbons (Fsp3) is 0.0952. The predicted octanol–water partition coefficient (Wildman–Crippen LogP) is 3.75. The molecule has 0 aliphatic heterocycles. The Morgan fingerprint density at radius 1 is 0.897 bits per heavy atom. The molecule has 2 aromatic heterocycles. The van der Waals surface area contributed by atoms with E-state index >= 15 is 0 Å². The van der Waals surface area contributed by atoms with Crippen LogP contribution >= 0.6 is 0 Å². The summed E-state index contributed by atoms with van der Waals surface area (Å²) in [5.41, 5.74) is 2.55. The van der Waals surface area contributed by atoms with E-state index < -0.39 is 6.61 Å². The molecule has 0 saturated heterocycles. The standard InChI is InChI=1S/C21H16F2N4O2/c22-21(23)29-18-8-6-15(7-9-18)19-10-11-20(28)27(25-19)14-16-12-13-26(24-16)17-4-2-1-3-5-17/h1-13,21H,14H2. The number of benzene rings is 2. The smallest absolute Gasteiger partial charge is 0.387 e. The molecule has 8 heteroatoms. The molecule has 4 aromatic rings. The highest BCUT2D eigenvalue weighted by molar-refractivity contribution is 5.59. The maximum atomic E-state index is 12.3. The van der Waals surface area contributed by atoms with Gasteiger partial charge in [0.25, 0.3) is 5.56 Å². The Kier molecular flexibility index (Phi) is 5.15. The molecule has 0 spiro atoms. The van der Waals surface area contributed by atoms with Gasteiger partial charge in [0.2, 0.25) is 0 Å². The van der Waals surface area contributed by atoms with E-state index in [1.807, 2.05) is 42.6 Å². The topological polar surface area (TPSA) is 61.9 Å². The molecule has 2 aromatic carbocycles. The molecular formula is C21H16F2N4O2. The van der Waals surface area contributed by atoms with Gasteiger partial charge >= 0.3 is 6.61 Å². The van der Waals surface area contributed by atoms with Crippen molar-refractivity contribution in [1.82, 2.24) is 19.6 Å². The molecule has 2 heterocycles. The summed E-state index contributed by atoms with van der Waals surface area (Å²) in [5, 5.41) is 8.86. The van der Waals surface area contributed by atoms with Crippen molar-refractivity contribution in [2.24, 2.45) is 0 Å². The number of hydrogen-bond acceptors (Lipinski definition) is 4. The maximum Gasteiger partial charge on any atom is 0.387 e. The zero-order chi connectivity index (χ0) is 20.2. The predicted molar refractivity (Wildman–Crippen MR) is 103 cm³/mol. The van der Waals surface area contributed by atoms with Gasteiger partial charge in [0, 0.05) is 17.8 Å². The molecule has 0 bridgehead atoms. The summed E-state index contributed by atoms with van der Waals surface area (Å²) in [6.07, 6.45) is 1.82. The number of hydrogen-bond donors (Lipinski definition) is 0. The highest BCUT2D eigenvalue weighted by atomic mass is 19.3. The molecule has 6 nitrogen and oxygen atoms in total. The Morgan fingerprint density at radius 3 is 2.38 bits per heavy atom. The average Bonchev–Trinajstić information content (AvgIpc) is 3.19. The zero-order valence-electron chi connectivity index (χ0n) is 15.2. The van der Waals surface area contributed by atoms with E-state index in [0.717, 1.165) is 5.69 Å². The largest absolute Gasteiger partial charge is 0.435 e. The van der Waals surface area contributed by atoms with E-state index in [-0.39, 0.29) is 17.9 Å². The summed E-state index contributed by atoms with van der Waals surface area (Å²) < 4.78 is 31.9. The van der Waals surface area contributed by atoms with E-state index in [2.05, 4.69) is 14.9 Å². The van der Waals surface area contributed by atoms with Crippen LogP contribution in [0.3, 0.4) is 0 Å². The molecule has 4 rings (SSSR count). The monoisotopic (exact) mass is 394 g/mol. The van der Waals surface area contributed by atoms with Crippen LogP contribution in [0.4, 0.5) is 8.78 Å². The fourth-order valence-electron chi connectivity index (χ4n) is 2.85. The van der Waals surface area contributed by atoms with Crippen molar-refractivity contribution in [2.45, 2.75) is 13.2 Å². The van der Waals surface area contributed by atoms with Crippen LogP contribution in [0.2, 0.25) is 0 Å². The van der Waals surface area contributed by atoms with Crippen LogP contribution in [0.15, 0.2) is 83.8 Å². The lowest BCUT2D eigenvalue weighted by molar-refractivity contribution is -0.0498. The molecule has 0 saturated carbocycles. The van der Waals surface area contributed by atoms with E-state index in [0.29, 0.717) is 17.0 Å². The van der Waals surface area contributed by atoms with E-state index in [4.69, 9.17) is 0 Å². The third-order valence-corrected chi connectivity index (χ3v) is 4.22. The van der Waals surface area contributed by atoms with Crippen molar-refractivity contribution in [3.63, 3.8) is 0 Å². The van der Waals surface area contributed by atoms with Crippen LogP contribution in [-0.2, 0) is 6.54 Å². The van der Waals surface area contributed by atoms with Gasteiger partial charge in [-0.25, -0.2) is 9.36 Å². The first-order valence-electron chi connectivity index (χ1n) is 8.82. The minimum absolute atomic E-state index is 0.0588. The van der Waals surface area contributed by atoms with Crippen LogP contribution in [0.25, 0.3) is 16.9 Å². The Morgan fingerprint density at radius 2 is 1.66 bits per heavy atom. The summed E-state index contributed by atoms with van der Waals surface area (Å²) in [5.74, 6) is 0.0588. The van der Waals surface area contributed by atoms with Crippen LogP contribution in [0.5, 0.6) is 5.75 Å². The van der Waals surface area contributed by atoms with Gasteiger partial charge < -0.3 is 4.74 Å². The van der Waals surface area contributed by atoms with Crippen molar-refractivity contribution in [3.8, 4) is 22.7 Å². The molecular weight excluding hydrogens is 378 g/mol. The van der Waals surface area contributed by atoms with Crippen molar-refractivity contribution in [2.75, 3.05) is 0 Å². The van der Waals surface area contributed by atoms with E-state index in [1.165, 1.54) is 22.9 Å². The quantitative estimate of drug-likeness (QED) is 0.500. The third-order valence-electron chi connectivity index (χ3n) is 4.22. The number of para-hydroxylation sites is 1. The average molecular weight is 394 g/mol. The van der Waals surface area contributed by atoms with Crippen molar-refractivity contribution < 1.29 is 13.5 Å². The molecule has 0 aliphatic rings. The first kappa shape index (κ1) is 18.5. The SMILES string of the molecule is O=c1ccc(-c2ccc(OC(F)F)cc2)nn1Cc1ccn(-c2ccccc2)n1. The van der Waals surface area contributed by atoms with Crippen LogP contribution in [-0.4, -0.2) is 26.2 Å². The first-order chi connectivity index (χ1) is 14.1. The lowest BCUT2D eigenvalue weighted by atomic mass is 10.1. The van der Waals surface area contributed by atoms with Crippen LogP contribution < -0.4 is 10.3 Å². The minimum Gasteiger partial charge on any atom is -0.435 e. The number of ether oxygens (including phenoxy) is 1. The van der Waals surface area contributed by atoms with E-state index in [9.17, 15) is 13.6 Å². The number of alkyl halides is 2. The summed E-state index contributed by atoms with van der Waals surface area (Å²) in [6, 6.07) is 20.5. The highest BCUT2D eigenvalue weighted by Gasteiger charge is 2.08. The molecule has 0 aliphatic carbocycles. The lowest BCUT2D eigenvalue weighted by Crippen LogP contribution is -2.23. The normalized spacial score (nSPS) is 11.0. The molecule has 29 heavy (non-hydrogen) atoms. The van der Waals surface area contributed by atoms with Crippen molar-refractivity contribution >= 4 is 0 Å². The Bertz CT molecular complexity index is 1160. The molecule has 0 fully saturated rings. The second kappa shape index (κ2) is 8.05. The molecule has 146 valence electrons. The molecule has 0 amide bonds. The number of aromatic nitrogens is 4. The second-order valence-electron chi connectivity index (χ2n) is 6.20. The first-order valence-corrected chi connectivity index (χ1v) is 8.82. The summed E-state index contributed by atoms with van der Waals surface area (Å²) in [6.45, 7) is -2.67. The van der Waals surface area contributed by atoms with E-state index in [1.54, 1.807) is 22.9 Å². The summed E-state index contributed by atoms with van der Waals surface area (Å²) in [4.78, 5) is 12.2. The molecule has 0 N–H and O–H groups in total. The Balaban J connectivity index is 1.56. The zero-order valence-corrected chi connectivity index (χ0v) is 15.2. The van der Waals surface area contributed by atoms with Gasteiger partial charge in [-0.3, -0.25) is 4.79 Å². The second-order valence-corrected chi connectivity index (χ2v) is 6.20. The van der Waals surface area contributed by atoms with Crippen LogP contribution in [0, 0.1) is 0 Å². The Labute approximate surface area is 164 Å². The van der Waals surface area contributed by atoms with Gasteiger partial charge in [-0.05, 0) is 48.5 Å². The molecule has 0 radical (unpaired) electrons. The van der Waals surface area contributed by atoms with Gasteiger partial charge in [0.1, 0.15) is 5.75 Å². The number of nitrogens with zero attached hydrogens (tertiary/aromatic N) is 4. The van der Waals surface area contributed by atoms with Gasteiger partial charge in [-0.1, -0.05) is 18.2 Å². The molecule has 0 atom stereocenters. The van der Waals surface area contributed by atoms with Gasteiger partial charge in [0.05, 0.1) is 23.6 Å². The summed E-state index contributed by atoms with van der Waals surface area (Å²) >= 11 is 0. The van der Waals surface area contributed by atoms with Crippen molar-refractivity contribution in [3.05, 3.63) is 95.0 Å². The summed E-state index contributed by atoms with van der Waals surface area (Å²) in [7, 11) is 0. The third kappa shape index (κ3) is 4.37. The van der Waals surface area contributed by atoms with Crippen molar-refractivity contribution in [1.29, 1.82) is 0 Å². The number of rotatable bonds is 6. The fourth-order valence-corrected chi connectivity index (χ4v) is 2.85. The maximum absolute atomic E-state index is 12.3. The van der Waals surface area contributed by atoms with Gasteiger partial charge in [-0.15, -0.1) is 0 Å². The number of halogens is 2. The Hall–Kier alpha value is -3.81. The minimum atomic E-state index is -2.88. The van der Waals surface area contributed by atoms with Gasteiger partial charge in [-0.2, -0.15) is 19.0 Å².